The van der Waals surface area contributed by atoms with Gasteiger partial charge in [0.15, 0.2) is 0 Å². The van der Waals surface area contributed by atoms with E-state index in [1.54, 1.807) is 28.6 Å². The van der Waals surface area contributed by atoms with Crippen molar-refractivity contribution in [2.75, 3.05) is 13.1 Å². The lowest BCUT2D eigenvalue weighted by molar-refractivity contribution is 0.263. The minimum atomic E-state index is -3.47. The first-order valence-electron chi connectivity index (χ1n) is 12.7. The average molecular weight is 521 g/mol. The Kier molecular flexibility index (Phi) is 6.32. The third kappa shape index (κ3) is 4.44. The quantitative estimate of drug-likeness (QED) is 0.325. The van der Waals surface area contributed by atoms with Gasteiger partial charge in [0, 0.05) is 54.4 Å². The molecule has 4 aromatic rings. The van der Waals surface area contributed by atoms with Crippen molar-refractivity contribution >= 4 is 32.5 Å². The van der Waals surface area contributed by atoms with Crippen LogP contribution in [0.1, 0.15) is 37.1 Å². The summed E-state index contributed by atoms with van der Waals surface area (Å²) in [7, 11) is -3.47. The van der Waals surface area contributed by atoms with Crippen LogP contribution in [0.5, 0.6) is 0 Å². The molecule has 0 unspecified atom stereocenters. The summed E-state index contributed by atoms with van der Waals surface area (Å²) in [5, 5.41) is 1.80. The molecule has 0 atom stereocenters. The minimum absolute atomic E-state index is 0.305. The number of aromatic nitrogens is 3. The highest BCUT2D eigenvalue weighted by Crippen LogP contribution is 2.34. The van der Waals surface area contributed by atoms with Crippen molar-refractivity contribution in [2.24, 2.45) is 5.92 Å². The number of benzene rings is 2. The molecule has 186 valence electrons. The van der Waals surface area contributed by atoms with E-state index in [0.29, 0.717) is 28.9 Å². The molecule has 1 saturated heterocycles. The van der Waals surface area contributed by atoms with Crippen LogP contribution in [0.15, 0.2) is 65.8 Å². The topological polar surface area (TPSA) is 68.1 Å². The smallest absolute Gasteiger partial charge is 0.243 e. The SMILES string of the molecule is O=S(=O)(c1ccc(Cl)cc1)N1CCC(CCc2nccc(-c3cn4c5c(cccc35)CCC4)n2)CC1. The van der Waals surface area contributed by atoms with E-state index in [4.69, 9.17) is 16.6 Å². The largest absolute Gasteiger partial charge is 0.347 e. The Labute approximate surface area is 217 Å². The number of para-hydroxylation sites is 1. The molecule has 0 bridgehead atoms. The summed E-state index contributed by atoms with van der Waals surface area (Å²) in [5.74, 6) is 1.32. The third-order valence-electron chi connectivity index (χ3n) is 7.61. The fraction of sp³-hybridized carbons (Fsp3) is 0.357. The van der Waals surface area contributed by atoms with Gasteiger partial charge in [0.05, 0.1) is 16.1 Å². The van der Waals surface area contributed by atoms with Crippen molar-refractivity contribution in [1.29, 1.82) is 0 Å². The molecule has 2 aromatic carbocycles. The molecule has 1 fully saturated rings. The minimum Gasteiger partial charge on any atom is -0.347 e. The molecule has 36 heavy (non-hydrogen) atoms. The molecule has 0 saturated carbocycles. The van der Waals surface area contributed by atoms with Gasteiger partial charge in [0.2, 0.25) is 10.0 Å². The number of piperidine rings is 1. The Bertz CT molecular complexity index is 1510. The molecule has 0 spiro atoms. The average Bonchev–Trinajstić information content (AvgIpc) is 3.29. The van der Waals surface area contributed by atoms with Gasteiger partial charge in [-0.05, 0) is 73.9 Å². The summed E-state index contributed by atoms with van der Waals surface area (Å²) in [5.41, 5.74) is 4.92. The summed E-state index contributed by atoms with van der Waals surface area (Å²) < 4.78 is 29.9. The third-order valence-corrected chi connectivity index (χ3v) is 9.77. The molecule has 2 aromatic heterocycles. The van der Waals surface area contributed by atoms with Crippen molar-refractivity contribution in [1.82, 2.24) is 18.8 Å². The maximum atomic E-state index is 13.0. The molecular weight excluding hydrogens is 492 g/mol. The van der Waals surface area contributed by atoms with Gasteiger partial charge in [-0.2, -0.15) is 4.31 Å². The summed E-state index contributed by atoms with van der Waals surface area (Å²) in [6, 6.07) is 15.0. The van der Waals surface area contributed by atoms with E-state index in [1.807, 2.05) is 12.3 Å². The van der Waals surface area contributed by atoms with Gasteiger partial charge in [0.25, 0.3) is 0 Å². The molecule has 2 aliphatic rings. The van der Waals surface area contributed by atoms with Crippen LogP contribution >= 0.6 is 11.6 Å². The summed E-state index contributed by atoms with van der Waals surface area (Å²) in [4.78, 5) is 9.79. The van der Waals surface area contributed by atoms with Crippen LogP contribution < -0.4 is 0 Å². The van der Waals surface area contributed by atoms with E-state index >= 15 is 0 Å². The maximum absolute atomic E-state index is 13.0. The Morgan fingerprint density at radius 3 is 2.61 bits per heavy atom. The highest BCUT2D eigenvalue weighted by molar-refractivity contribution is 7.89. The van der Waals surface area contributed by atoms with Crippen LogP contribution in [-0.2, 0) is 29.4 Å². The lowest BCUT2D eigenvalue weighted by atomic mass is 9.93. The number of sulfonamides is 1. The molecule has 0 amide bonds. The van der Waals surface area contributed by atoms with E-state index in [-0.39, 0.29) is 0 Å². The number of hydrogen-bond donors (Lipinski definition) is 0. The Balaban J connectivity index is 1.11. The fourth-order valence-corrected chi connectivity index (χ4v) is 7.25. The first kappa shape index (κ1) is 23.6. The van der Waals surface area contributed by atoms with Crippen molar-refractivity contribution < 1.29 is 8.42 Å². The number of rotatable bonds is 6. The van der Waals surface area contributed by atoms with E-state index in [2.05, 4.69) is 33.9 Å². The van der Waals surface area contributed by atoms with Crippen LogP contribution in [0.3, 0.4) is 0 Å². The van der Waals surface area contributed by atoms with Crippen molar-refractivity contribution in [3.05, 3.63) is 77.3 Å². The standard InChI is InChI=1S/C28H29ClN4O2S/c29-22-7-9-23(10-8-22)36(34,35)33-17-13-20(14-18-33)6-11-27-30-15-12-26(31-27)25-19-32-16-2-4-21-3-1-5-24(25)28(21)32/h1,3,5,7-10,12,15,19-20H,2,4,6,11,13-14,16-18H2. The Morgan fingerprint density at radius 1 is 1.00 bits per heavy atom. The number of halogens is 1. The van der Waals surface area contributed by atoms with Crippen LogP contribution in [0.2, 0.25) is 5.02 Å². The second kappa shape index (κ2) is 9.61. The summed E-state index contributed by atoms with van der Waals surface area (Å²) in [6.45, 7) is 2.13. The molecular formula is C28H29ClN4O2S. The van der Waals surface area contributed by atoms with Crippen LogP contribution in [0, 0.1) is 5.92 Å². The van der Waals surface area contributed by atoms with Crippen LogP contribution in [0.4, 0.5) is 0 Å². The first-order chi connectivity index (χ1) is 17.5. The normalized spacial score (nSPS) is 17.0. The van der Waals surface area contributed by atoms with E-state index in [0.717, 1.165) is 50.2 Å². The first-order valence-corrected chi connectivity index (χ1v) is 14.5. The Hall–Kier alpha value is -2.74. The highest BCUT2D eigenvalue weighted by atomic mass is 35.5. The fourth-order valence-electron chi connectivity index (χ4n) is 5.66. The van der Waals surface area contributed by atoms with Gasteiger partial charge in [-0.15, -0.1) is 0 Å². The highest BCUT2D eigenvalue weighted by Gasteiger charge is 2.29. The molecule has 0 aliphatic carbocycles. The molecule has 4 heterocycles. The van der Waals surface area contributed by atoms with Gasteiger partial charge < -0.3 is 4.57 Å². The predicted molar refractivity (Wildman–Crippen MR) is 143 cm³/mol. The molecule has 0 N–H and O–H groups in total. The molecule has 0 radical (unpaired) electrons. The molecule has 8 heteroatoms. The second-order valence-corrected chi connectivity index (χ2v) is 12.2. The molecule has 6 rings (SSSR count). The number of nitrogens with zero attached hydrogens (tertiary/aromatic N) is 4. The zero-order valence-electron chi connectivity index (χ0n) is 20.1. The Morgan fingerprint density at radius 2 is 1.81 bits per heavy atom. The van der Waals surface area contributed by atoms with Gasteiger partial charge >= 0.3 is 0 Å². The zero-order chi connectivity index (χ0) is 24.7. The second-order valence-electron chi connectivity index (χ2n) is 9.85. The lowest BCUT2D eigenvalue weighted by Gasteiger charge is -2.31. The number of aryl methyl sites for hydroxylation is 3. The van der Waals surface area contributed by atoms with Gasteiger partial charge in [-0.1, -0.05) is 29.8 Å². The predicted octanol–water partition coefficient (Wildman–Crippen LogP) is 5.73. The summed E-state index contributed by atoms with van der Waals surface area (Å²) in [6.07, 6.45) is 9.88. The molecule has 6 nitrogen and oxygen atoms in total. The monoisotopic (exact) mass is 520 g/mol. The van der Waals surface area contributed by atoms with Gasteiger partial charge in [0.1, 0.15) is 5.82 Å². The zero-order valence-corrected chi connectivity index (χ0v) is 21.7. The van der Waals surface area contributed by atoms with Gasteiger partial charge in [-0.3, -0.25) is 0 Å². The van der Waals surface area contributed by atoms with Crippen LogP contribution in [-0.4, -0.2) is 40.3 Å². The van der Waals surface area contributed by atoms with Gasteiger partial charge in [-0.25, -0.2) is 18.4 Å². The van der Waals surface area contributed by atoms with E-state index in [1.165, 1.54) is 28.5 Å². The van der Waals surface area contributed by atoms with Crippen LogP contribution in [0.25, 0.3) is 22.2 Å². The lowest BCUT2D eigenvalue weighted by Crippen LogP contribution is -2.38. The number of hydrogen-bond acceptors (Lipinski definition) is 4. The van der Waals surface area contributed by atoms with Crippen molar-refractivity contribution in [3.63, 3.8) is 0 Å². The van der Waals surface area contributed by atoms with E-state index < -0.39 is 10.0 Å². The van der Waals surface area contributed by atoms with Crippen molar-refractivity contribution in [2.45, 2.75) is 50.0 Å². The molecule has 2 aliphatic heterocycles. The van der Waals surface area contributed by atoms with Crippen molar-refractivity contribution in [3.8, 4) is 11.3 Å². The van der Waals surface area contributed by atoms with E-state index in [9.17, 15) is 8.42 Å². The maximum Gasteiger partial charge on any atom is 0.243 e. The summed E-state index contributed by atoms with van der Waals surface area (Å²) >= 11 is 5.92.